The van der Waals surface area contributed by atoms with E-state index in [1.165, 1.54) is 12.1 Å². The summed E-state index contributed by atoms with van der Waals surface area (Å²) in [5, 5.41) is 0.246. The summed E-state index contributed by atoms with van der Waals surface area (Å²) in [4.78, 5) is 30.4. The Morgan fingerprint density at radius 2 is 1.49 bits per heavy atom. The van der Waals surface area contributed by atoms with E-state index in [-0.39, 0.29) is 41.5 Å². The minimum absolute atomic E-state index is 0.124. The van der Waals surface area contributed by atoms with Gasteiger partial charge in [0.1, 0.15) is 12.4 Å². The van der Waals surface area contributed by atoms with Crippen molar-refractivity contribution >= 4 is 23.5 Å². The first-order chi connectivity index (χ1) is 17.7. The zero-order valence-corrected chi connectivity index (χ0v) is 22.2. The zero-order chi connectivity index (χ0) is 27.1. The number of halogens is 2. The molecule has 3 rings (SSSR count). The number of hydrogen-bond acceptors (Lipinski definition) is 7. The van der Waals surface area contributed by atoms with Crippen molar-refractivity contribution in [1.82, 2.24) is 4.98 Å². The fraction of sp³-hybridized carbons (Fsp3) is 0.321. The van der Waals surface area contributed by atoms with Crippen LogP contribution in [0, 0.1) is 19.7 Å². The highest BCUT2D eigenvalue weighted by Crippen LogP contribution is 2.38. The number of esters is 2. The summed E-state index contributed by atoms with van der Waals surface area (Å²) in [6.45, 7) is 9.03. The predicted octanol–water partition coefficient (Wildman–Crippen LogP) is 6.49. The van der Waals surface area contributed by atoms with Gasteiger partial charge in [0.25, 0.3) is 0 Å². The van der Waals surface area contributed by atoms with E-state index in [2.05, 4.69) is 4.98 Å². The Kier molecular flexibility index (Phi) is 9.47. The maximum atomic E-state index is 14.2. The second kappa shape index (κ2) is 12.5. The molecule has 37 heavy (non-hydrogen) atoms. The Bertz CT molecular complexity index is 1250. The normalized spacial score (nSPS) is 10.7. The van der Waals surface area contributed by atoms with Crippen molar-refractivity contribution in [1.29, 1.82) is 0 Å². The number of aryl methyl sites for hydroxylation is 2. The molecule has 0 saturated carbocycles. The first kappa shape index (κ1) is 27.9. The number of aromatic nitrogens is 1. The summed E-state index contributed by atoms with van der Waals surface area (Å²) < 4.78 is 36.5. The maximum Gasteiger partial charge on any atom is 0.340 e. The van der Waals surface area contributed by atoms with Crippen LogP contribution in [-0.2, 0) is 16.1 Å². The smallest absolute Gasteiger partial charge is 0.340 e. The van der Waals surface area contributed by atoms with Crippen LogP contribution in [0.1, 0.15) is 58.4 Å². The number of rotatable bonds is 10. The molecule has 0 atom stereocenters. The molecule has 0 aliphatic heterocycles. The Balaban J connectivity index is 2.17. The van der Waals surface area contributed by atoms with E-state index in [0.29, 0.717) is 40.6 Å². The van der Waals surface area contributed by atoms with E-state index in [0.717, 1.165) is 0 Å². The van der Waals surface area contributed by atoms with Gasteiger partial charge in [0.15, 0.2) is 11.5 Å². The first-order valence-electron chi connectivity index (χ1n) is 11.9. The monoisotopic (exact) mass is 529 g/mol. The van der Waals surface area contributed by atoms with Gasteiger partial charge in [-0.15, -0.1) is 0 Å². The number of hydrogen-bond donors (Lipinski definition) is 0. The molecule has 9 heteroatoms. The van der Waals surface area contributed by atoms with Crippen LogP contribution in [0.2, 0.25) is 5.02 Å². The van der Waals surface area contributed by atoms with Gasteiger partial charge in [-0.05, 0) is 64.4 Å². The van der Waals surface area contributed by atoms with Crippen molar-refractivity contribution in [2.45, 2.75) is 41.2 Å². The van der Waals surface area contributed by atoms with Gasteiger partial charge in [0.2, 0.25) is 0 Å². The molecule has 0 spiro atoms. The van der Waals surface area contributed by atoms with Crippen molar-refractivity contribution in [2.75, 3.05) is 19.8 Å². The number of benzene rings is 2. The fourth-order valence-corrected chi connectivity index (χ4v) is 4.13. The summed E-state index contributed by atoms with van der Waals surface area (Å²) in [5.74, 6) is -1.03. The van der Waals surface area contributed by atoms with E-state index >= 15 is 0 Å². The van der Waals surface area contributed by atoms with E-state index < -0.39 is 17.8 Å². The third kappa shape index (κ3) is 6.20. The Labute approximate surface area is 220 Å². The summed E-state index contributed by atoms with van der Waals surface area (Å²) in [7, 11) is 0. The second-order valence-electron chi connectivity index (χ2n) is 7.93. The molecular weight excluding hydrogens is 501 g/mol. The average Bonchev–Trinajstić information content (AvgIpc) is 2.84. The minimum atomic E-state index is -0.611. The molecule has 0 N–H and O–H groups in total. The summed E-state index contributed by atoms with van der Waals surface area (Å²) in [6, 6.07) is 9.37. The molecule has 1 heterocycles. The lowest BCUT2D eigenvalue weighted by Crippen LogP contribution is -2.17. The van der Waals surface area contributed by atoms with E-state index in [1.807, 2.05) is 0 Å². The highest BCUT2D eigenvalue weighted by atomic mass is 35.5. The number of pyridine rings is 1. The van der Waals surface area contributed by atoms with E-state index in [1.54, 1.807) is 58.9 Å². The molecular formula is C28H29ClFNO6. The predicted molar refractivity (Wildman–Crippen MR) is 138 cm³/mol. The third-order valence-electron chi connectivity index (χ3n) is 5.48. The lowest BCUT2D eigenvalue weighted by atomic mass is 9.92. The van der Waals surface area contributed by atoms with Gasteiger partial charge in [0, 0.05) is 11.1 Å². The first-order valence-corrected chi connectivity index (χ1v) is 12.3. The quantitative estimate of drug-likeness (QED) is 0.277. The third-order valence-corrected chi connectivity index (χ3v) is 5.84. The van der Waals surface area contributed by atoms with Gasteiger partial charge in [0.05, 0.1) is 47.4 Å². The molecule has 0 unspecified atom stereocenters. The summed E-state index contributed by atoms with van der Waals surface area (Å²) >= 11 is 6.13. The molecule has 7 nitrogen and oxygen atoms in total. The SMILES string of the molecule is CCOC(=O)c1c(C)nc(C)c(C(=O)OCC)c1-c1ccc(OCc2c(F)cccc2Cl)c(OCC)c1. The Hall–Kier alpha value is -3.65. The van der Waals surface area contributed by atoms with Crippen LogP contribution in [0.5, 0.6) is 11.5 Å². The van der Waals surface area contributed by atoms with Crippen molar-refractivity contribution in [3.63, 3.8) is 0 Å². The average molecular weight is 530 g/mol. The van der Waals surface area contributed by atoms with Gasteiger partial charge in [-0.3, -0.25) is 4.98 Å². The molecule has 1 aromatic heterocycles. The minimum Gasteiger partial charge on any atom is -0.490 e. The van der Waals surface area contributed by atoms with Crippen LogP contribution in [-0.4, -0.2) is 36.7 Å². The van der Waals surface area contributed by atoms with Crippen molar-refractivity contribution < 1.29 is 32.9 Å². The van der Waals surface area contributed by atoms with Crippen molar-refractivity contribution in [3.05, 3.63) is 75.3 Å². The lowest BCUT2D eigenvalue weighted by molar-refractivity contribution is 0.0525. The van der Waals surface area contributed by atoms with Crippen LogP contribution in [0.25, 0.3) is 11.1 Å². The Morgan fingerprint density at radius 1 is 0.865 bits per heavy atom. The molecule has 0 fully saturated rings. The zero-order valence-electron chi connectivity index (χ0n) is 21.4. The molecule has 0 amide bonds. The van der Waals surface area contributed by atoms with E-state index in [4.69, 9.17) is 30.5 Å². The van der Waals surface area contributed by atoms with Crippen molar-refractivity contribution in [2.24, 2.45) is 0 Å². The maximum absolute atomic E-state index is 14.2. The summed E-state index contributed by atoms with van der Waals surface area (Å²) in [5.41, 5.74) is 2.17. The highest BCUT2D eigenvalue weighted by molar-refractivity contribution is 6.31. The lowest BCUT2D eigenvalue weighted by Gasteiger charge is -2.19. The van der Waals surface area contributed by atoms with Crippen LogP contribution in [0.4, 0.5) is 4.39 Å². The molecule has 0 saturated heterocycles. The number of carbonyl (C=O) groups is 2. The largest absolute Gasteiger partial charge is 0.490 e. The van der Waals surface area contributed by atoms with Gasteiger partial charge < -0.3 is 18.9 Å². The van der Waals surface area contributed by atoms with Gasteiger partial charge in [-0.1, -0.05) is 23.7 Å². The van der Waals surface area contributed by atoms with Crippen LogP contribution in [0.15, 0.2) is 36.4 Å². The van der Waals surface area contributed by atoms with E-state index in [9.17, 15) is 14.0 Å². The number of ether oxygens (including phenoxy) is 4. The van der Waals surface area contributed by atoms with Crippen LogP contribution >= 0.6 is 11.6 Å². The van der Waals surface area contributed by atoms with Crippen LogP contribution < -0.4 is 9.47 Å². The molecule has 0 aliphatic carbocycles. The highest BCUT2D eigenvalue weighted by Gasteiger charge is 2.28. The number of carbonyl (C=O) groups excluding carboxylic acids is 2. The second-order valence-corrected chi connectivity index (χ2v) is 8.34. The molecule has 196 valence electrons. The summed E-state index contributed by atoms with van der Waals surface area (Å²) in [6.07, 6.45) is 0. The van der Waals surface area contributed by atoms with Gasteiger partial charge >= 0.3 is 11.9 Å². The topological polar surface area (TPSA) is 84.0 Å². The van der Waals surface area contributed by atoms with Gasteiger partial charge in [-0.2, -0.15) is 0 Å². The van der Waals surface area contributed by atoms with Gasteiger partial charge in [-0.25, -0.2) is 14.0 Å². The van der Waals surface area contributed by atoms with Crippen LogP contribution in [0.3, 0.4) is 0 Å². The standard InChI is InChI=1S/C28H29ClFNO6/c1-6-34-23-14-18(12-13-22(23)37-15-19-20(29)10-9-11-21(19)30)26-24(27(32)35-7-2)16(4)31-17(5)25(26)28(33)36-8-3/h9-14H,6-8,15H2,1-5H3. The van der Waals surface area contributed by atoms with Crippen molar-refractivity contribution in [3.8, 4) is 22.6 Å². The molecule has 0 bridgehead atoms. The Morgan fingerprint density at radius 3 is 2.03 bits per heavy atom. The molecule has 2 aromatic carbocycles. The molecule has 3 aromatic rings. The fourth-order valence-electron chi connectivity index (χ4n) is 3.92. The number of nitrogens with zero attached hydrogens (tertiary/aromatic N) is 1. The molecule has 0 aliphatic rings. The molecule has 0 radical (unpaired) electrons.